The van der Waals surface area contributed by atoms with Crippen LogP contribution in [-0.2, 0) is 5.60 Å². The Bertz CT molecular complexity index is 356. The zero-order valence-corrected chi connectivity index (χ0v) is 11.3. The molecule has 0 bridgehead atoms. The van der Waals surface area contributed by atoms with Gasteiger partial charge in [0.2, 0.25) is 0 Å². The van der Waals surface area contributed by atoms with Gasteiger partial charge in [0, 0.05) is 24.0 Å². The van der Waals surface area contributed by atoms with Gasteiger partial charge in [0.15, 0.2) is 0 Å². The minimum absolute atomic E-state index is 0.566. The quantitative estimate of drug-likeness (QED) is 0.882. The molecule has 1 saturated heterocycles. The van der Waals surface area contributed by atoms with Gasteiger partial charge >= 0.3 is 0 Å². The van der Waals surface area contributed by atoms with E-state index in [-0.39, 0.29) is 0 Å². The van der Waals surface area contributed by atoms with Crippen molar-refractivity contribution in [2.24, 2.45) is 0 Å². The van der Waals surface area contributed by atoms with Crippen LogP contribution in [0.5, 0.6) is 0 Å². The van der Waals surface area contributed by atoms with Crippen LogP contribution in [0, 0.1) is 0 Å². The third-order valence-corrected chi connectivity index (χ3v) is 4.81. The van der Waals surface area contributed by atoms with Gasteiger partial charge < -0.3 is 10.0 Å². The number of hydrogen-bond donors (Lipinski definition) is 1. The van der Waals surface area contributed by atoms with E-state index in [0.717, 1.165) is 35.1 Å². The normalized spacial score (nSPS) is 21.6. The smallest absolute Gasteiger partial charge is 0.101 e. The highest BCUT2D eigenvalue weighted by atomic mass is 35.5. The van der Waals surface area contributed by atoms with Gasteiger partial charge in [-0.2, -0.15) is 0 Å². The van der Waals surface area contributed by atoms with Crippen molar-refractivity contribution in [2.45, 2.75) is 38.3 Å². The van der Waals surface area contributed by atoms with E-state index in [1.807, 2.05) is 12.1 Å². The van der Waals surface area contributed by atoms with Gasteiger partial charge in [-0.1, -0.05) is 11.6 Å². The Morgan fingerprint density at radius 1 is 1.38 bits per heavy atom. The number of aliphatic hydroxyl groups is 1. The van der Waals surface area contributed by atoms with Gasteiger partial charge in [0.05, 0.1) is 4.34 Å². The van der Waals surface area contributed by atoms with Crippen molar-refractivity contribution in [3.63, 3.8) is 0 Å². The van der Waals surface area contributed by atoms with Crippen LogP contribution < -0.4 is 0 Å². The van der Waals surface area contributed by atoms with Crippen molar-refractivity contribution in [1.82, 2.24) is 4.90 Å². The summed E-state index contributed by atoms with van der Waals surface area (Å²) in [5.41, 5.74) is -0.650. The Kier molecular flexibility index (Phi) is 3.59. The predicted octanol–water partition coefficient (Wildman–Crippen LogP) is 3.09. The van der Waals surface area contributed by atoms with Crippen molar-refractivity contribution in [3.8, 4) is 0 Å². The average Bonchev–Trinajstić information content (AvgIpc) is 2.66. The first-order chi connectivity index (χ1) is 7.51. The van der Waals surface area contributed by atoms with E-state index in [2.05, 4.69) is 18.7 Å². The summed E-state index contributed by atoms with van der Waals surface area (Å²) in [4.78, 5) is 3.42. The van der Waals surface area contributed by atoms with Crippen LogP contribution in [0.15, 0.2) is 12.1 Å². The third kappa shape index (κ3) is 2.43. The molecule has 1 aromatic rings. The lowest BCUT2D eigenvalue weighted by Gasteiger charge is -2.39. The van der Waals surface area contributed by atoms with Crippen molar-refractivity contribution in [3.05, 3.63) is 21.3 Å². The van der Waals surface area contributed by atoms with E-state index < -0.39 is 5.60 Å². The number of halogens is 1. The first-order valence-corrected chi connectivity index (χ1v) is 6.93. The summed E-state index contributed by atoms with van der Waals surface area (Å²) in [6, 6.07) is 4.39. The second-order valence-corrected chi connectivity index (χ2v) is 6.48. The molecule has 0 aliphatic carbocycles. The fourth-order valence-electron chi connectivity index (χ4n) is 2.22. The molecule has 1 fully saturated rings. The van der Waals surface area contributed by atoms with Crippen LogP contribution in [0.4, 0.5) is 0 Å². The minimum Gasteiger partial charge on any atom is -0.384 e. The second-order valence-electron chi connectivity index (χ2n) is 4.77. The molecule has 4 heteroatoms. The highest BCUT2D eigenvalue weighted by Gasteiger charge is 2.35. The Balaban J connectivity index is 2.06. The molecule has 0 saturated carbocycles. The standard InChI is InChI=1S/C12H18ClNOS/c1-9(2)14-7-5-12(15,6-8-14)10-3-4-11(13)16-10/h3-4,9,15H,5-8H2,1-2H3. The SMILES string of the molecule is CC(C)N1CCC(O)(c2ccc(Cl)s2)CC1. The maximum Gasteiger partial charge on any atom is 0.101 e. The summed E-state index contributed by atoms with van der Waals surface area (Å²) in [7, 11) is 0. The average molecular weight is 260 g/mol. The lowest BCUT2D eigenvalue weighted by atomic mass is 9.89. The summed E-state index contributed by atoms with van der Waals surface area (Å²) in [6.45, 7) is 6.33. The summed E-state index contributed by atoms with van der Waals surface area (Å²) in [5, 5.41) is 10.6. The van der Waals surface area contributed by atoms with E-state index in [1.165, 1.54) is 11.3 Å². The van der Waals surface area contributed by atoms with Gasteiger partial charge in [0.25, 0.3) is 0 Å². The molecular weight excluding hydrogens is 242 g/mol. The Morgan fingerprint density at radius 2 is 2.00 bits per heavy atom. The number of nitrogens with zero attached hydrogens (tertiary/aromatic N) is 1. The van der Waals surface area contributed by atoms with Crippen molar-refractivity contribution in [1.29, 1.82) is 0 Å². The number of piperidine rings is 1. The molecule has 2 rings (SSSR count). The number of likely N-dealkylation sites (tertiary alicyclic amines) is 1. The fraction of sp³-hybridized carbons (Fsp3) is 0.667. The highest BCUT2D eigenvalue weighted by Crippen LogP contribution is 2.38. The second kappa shape index (κ2) is 4.65. The maximum atomic E-state index is 10.6. The first-order valence-electron chi connectivity index (χ1n) is 5.73. The molecule has 1 N–H and O–H groups in total. The van der Waals surface area contributed by atoms with Crippen LogP contribution in [0.3, 0.4) is 0 Å². The Morgan fingerprint density at radius 3 is 2.44 bits per heavy atom. The van der Waals surface area contributed by atoms with Crippen molar-refractivity contribution in [2.75, 3.05) is 13.1 Å². The number of thiophene rings is 1. The van der Waals surface area contributed by atoms with Crippen LogP contribution in [0.25, 0.3) is 0 Å². The largest absolute Gasteiger partial charge is 0.384 e. The zero-order valence-electron chi connectivity index (χ0n) is 9.74. The summed E-state index contributed by atoms with van der Waals surface area (Å²) >= 11 is 7.42. The molecule has 0 spiro atoms. The van der Waals surface area contributed by atoms with E-state index in [1.54, 1.807) is 0 Å². The monoisotopic (exact) mass is 259 g/mol. The van der Waals surface area contributed by atoms with Crippen molar-refractivity contribution < 1.29 is 5.11 Å². The maximum absolute atomic E-state index is 10.6. The molecule has 0 atom stereocenters. The molecule has 0 radical (unpaired) electrons. The van der Waals surface area contributed by atoms with Crippen LogP contribution in [0.2, 0.25) is 4.34 Å². The zero-order chi connectivity index (χ0) is 11.8. The van der Waals surface area contributed by atoms with Gasteiger partial charge in [-0.3, -0.25) is 0 Å². The van der Waals surface area contributed by atoms with E-state index in [0.29, 0.717) is 6.04 Å². The highest BCUT2D eigenvalue weighted by molar-refractivity contribution is 7.16. The van der Waals surface area contributed by atoms with Gasteiger partial charge in [-0.15, -0.1) is 11.3 Å². The number of hydrogen-bond acceptors (Lipinski definition) is 3. The topological polar surface area (TPSA) is 23.5 Å². The Hall–Kier alpha value is -0.0900. The summed E-state index contributed by atoms with van der Waals surface area (Å²) in [5.74, 6) is 0. The molecule has 1 aliphatic heterocycles. The molecule has 1 aliphatic rings. The Labute approximate surface area is 106 Å². The predicted molar refractivity (Wildman–Crippen MR) is 69.2 cm³/mol. The van der Waals surface area contributed by atoms with Crippen molar-refractivity contribution >= 4 is 22.9 Å². The van der Waals surface area contributed by atoms with Crippen LogP contribution in [0.1, 0.15) is 31.6 Å². The summed E-state index contributed by atoms with van der Waals surface area (Å²) in [6.07, 6.45) is 1.62. The van der Waals surface area contributed by atoms with Crippen LogP contribution >= 0.6 is 22.9 Å². The lowest BCUT2D eigenvalue weighted by molar-refractivity contribution is -0.0295. The third-order valence-electron chi connectivity index (χ3n) is 3.39. The first kappa shape index (κ1) is 12.4. The van der Waals surface area contributed by atoms with Crippen LogP contribution in [-0.4, -0.2) is 29.1 Å². The molecule has 0 amide bonds. The van der Waals surface area contributed by atoms with E-state index in [9.17, 15) is 5.11 Å². The molecule has 0 aromatic carbocycles. The molecule has 0 unspecified atom stereocenters. The fourth-order valence-corrected chi connectivity index (χ4v) is 3.41. The molecule has 1 aromatic heterocycles. The van der Waals surface area contributed by atoms with Gasteiger partial charge in [-0.05, 0) is 38.8 Å². The lowest BCUT2D eigenvalue weighted by Crippen LogP contribution is -2.44. The molecule has 90 valence electrons. The van der Waals surface area contributed by atoms with E-state index >= 15 is 0 Å². The molecule has 16 heavy (non-hydrogen) atoms. The van der Waals surface area contributed by atoms with Gasteiger partial charge in [-0.25, -0.2) is 0 Å². The van der Waals surface area contributed by atoms with E-state index in [4.69, 9.17) is 11.6 Å². The van der Waals surface area contributed by atoms with Gasteiger partial charge in [0.1, 0.15) is 5.60 Å². The minimum atomic E-state index is -0.650. The molecule has 2 nitrogen and oxygen atoms in total. The summed E-state index contributed by atoms with van der Waals surface area (Å²) < 4.78 is 0.759. The number of rotatable bonds is 2. The molecular formula is C12H18ClNOS. The molecule has 2 heterocycles.